The number of H-pyrrole nitrogens is 1. The summed E-state index contributed by atoms with van der Waals surface area (Å²) in [6, 6.07) is 0. The Morgan fingerprint density at radius 3 is 2.92 bits per heavy atom. The second-order valence-electron chi connectivity index (χ2n) is 3.01. The number of hydrogen-bond acceptors (Lipinski definition) is 3. The molecule has 0 spiro atoms. The fourth-order valence-corrected chi connectivity index (χ4v) is 1.10. The van der Waals surface area contributed by atoms with Crippen LogP contribution in [-0.4, -0.2) is 27.8 Å². The Morgan fingerprint density at radius 2 is 2.54 bits per heavy atom. The molecular formula is C8H13N3O2. The fraction of sp³-hybridized carbons (Fsp3) is 0.500. The second kappa shape index (κ2) is 4.04. The van der Waals surface area contributed by atoms with Gasteiger partial charge in [0.1, 0.15) is 0 Å². The number of nitrogens with zero attached hydrogens (tertiary/aromatic N) is 1. The first-order valence-electron chi connectivity index (χ1n) is 4.07. The van der Waals surface area contributed by atoms with Gasteiger partial charge in [0.2, 0.25) is 0 Å². The molecule has 0 amide bonds. The van der Waals surface area contributed by atoms with Crippen LogP contribution in [0.2, 0.25) is 0 Å². The lowest BCUT2D eigenvalue weighted by atomic mass is 10.0. The molecular weight excluding hydrogens is 170 g/mol. The van der Waals surface area contributed by atoms with E-state index in [0.717, 1.165) is 11.3 Å². The summed E-state index contributed by atoms with van der Waals surface area (Å²) in [5.41, 5.74) is 7.14. The standard InChI is InChI=1S/C8H13N3O2/c1-5-4-10-11-7(5)2-6(3-9)8(12)13/h4,6H,2-3,9H2,1H3,(H,10,11)(H,12,13). The fourth-order valence-electron chi connectivity index (χ4n) is 1.10. The summed E-state index contributed by atoms with van der Waals surface area (Å²) >= 11 is 0. The smallest absolute Gasteiger partial charge is 0.308 e. The van der Waals surface area contributed by atoms with Crippen molar-refractivity contribution < 1.29 is 9.90 Å². The van der Waals surface area contributed by atoms with Crippen LogP contribution in [0.5, 0.6) is 0 Å². The molecule has 1 aromatic heterocycles. The first-order valence-corrected chi connectivity index (χ1v) is 4.07. The Kier molecular flexibility index (Phi) is 3.02. The van der Waals surface area contributed by atoms with Gasteiger partial charge in [0.05, 0.1) is 12.1 Å². The Labute approximate surface area is 75.9 Å². The highest BCUT2D eigenvalue weighted by molar-refractivity contribution is 5.70. The van der Waals surface area contributed by atoms with E-state index in [2.05, 4.69) is 10.2 Å². The number of nitrogens with two attached hydrogens (primary N) is 1. The van der Waals surface area contributed by atoms with Crippen molar-refractivity contribution in [1.29, 1.82) is 0 Å². The number of carboxylic acids is 1. The van der Waals surface area contributed by atoms with Gasteiger partial charge >= 0.3 is 5.97 Å². The molecule has 0 saturated heterocycles. The first-order chi connectivity index (χ1) is 6.15. The van der Waals surface area contributed by atoms with E-state index >= 15 is 0 Å². The third-order valence-electron chi connectivity index (χ3n) is 2.02. The van der Waals surface area contributed by atoms with Gasteiger partial charge in [0.25, 0.3) is 0 Å². The summed E-state index contributed by atoms with van der Waals surface area (Å²) in [7, 11) is 0. The van der Waals surface area contributed by atoms with E-state index in [1.807, 2.05) is 6.92 Å². The number of hydrogen-bond donors (Lipinski definition) is 3. The van der Waals surface area contributed by atoms with Gasteiger partial charge in [-0.3, -0.25) is 9.89 Å². The maximum atomic E-state index is 10.7. The van der Waals surface area contributed by atoms with E-state index in [1.54, 1.807) is 6.20 Å². The minimum Gasteiger partial charge on any atom is -0.481 e. The van der Waals surface area contributed by atoms with Gasteiger partial charge in [0, 0.05) is 18.7 Å². The SMILES string of the molecule is Cc1cn[nH]c1CC(CN)C(=O)O. The van der Waals surface area contributed by atoms with Crippen LogP contribution in [0.1, 0.15) is 11.3 Å². The molecule has 0 fully saturated rings. The molecule has 0 saturated carbocycles. The van der Waals surface area contributed by atoms with Crippen LogP contribution >= 0.6 is 0 Å². The predicted molar refractivity (Wildman–Crippen MR) is 47.2 cm³/mol. The minimum atomic E-state index is -0.864. The molecule has 1 unspecified atom stereocenters. The number of aromatic amines is 1. The summed E-state index contributed by atoms with van der Waals surface area (Å²) in [6.45, 7) is 2.03. The molecule has 4 N–H and O–H groups in total. The number of carbonyl (C=O) groups is 1. The Hall–Kier alpha value is -1.36. The molecule has 1 rings (SSSR count). The molecule has 13 heavy (non-hydrogen) atoms. The largest absolute Gasteiger partial charge is 0.481 e. The van der Waals surface area contributed by atoms with Gasteiger partial charge in [-0.25, -0.2) is 0 Å². The zero-order valence-electron chi connectivity index (χ0n) is 7.45. The predicted octanol–water partition coefficient (Wildman–Crippen LogP) is -0.0799. The molecule has 0 radical (unpaired) electrons. The maximum Gasteiger partial charge on any atom is 0.308 e. The second-order valence-corrected chi connectivity index (χ2v) is 3.01. The highest BCUT2D eigenvalue weighted by atomic mass is 16.4. The molecule has 0 bridgehead atoms. The molecule has 0 aromatic carbocycles. The maximum absolute atomic E-state index is 10.7. The van der Waals surface area contributed by atoms with Gasteiger partial charge in [-0.2, -0.15) is 5.10 Å². The summed E-state index contributed by atoms with van der Waals surface area (Å²) < 4.78 is 0. The molecule has 0 aliphatic heterocycles. The van der Waals surface area contributed by atoms with Crippen molar-refractivity contribution in [3.05, 3.63) is 17.5 Å². The monoisotopic (exact) mass is 183 g/mol. The minimum absolute atomic E-state index is 0.147. The topological polar surface area (TPSA) is 92.0 Å². The zero-order valence-corrected chi connectivity index (χ0v) is 7.45. The van der Waals surface area contributed by atoms with Crippen LogP contribution in [0.3, 0.4) is 0 Å². The van der Waals surface area contributed by atoms with Crippen LogP contribution in [0.25, 0.3) is 0 Å². The third kappa shape index (κ3) is 2.29. The number of rotatable bonds is 4. The van der Waals surface area contributed by atoms with E-state index in [9.17, 15) is 4.79 Å². The van der Waals surface area contributed by atoms with Crippen molar-refractivity contribution in [1.82, 2.24) is 10.2 Å². The van der Waals surface area contributed by atoms with Crippen molar-refractivity contribution in [2.24, 2.45) is 11.7 Å². The number of aryl methyl sites for hydroxylation is 1. The molecule has 0 aliphatic carbocycles. The van der Waals surface area contributed by atoms with Crippen molar-refractivity contribution in [2.45, 2.75) is 13.3 Å². The van der Waals surface area contributed by atoms with E-state index in [-0.39, 0.29) is 6.54 Å². The summed E-state index contributed by atoms with van der Waals surface area (Å²) in [6.07, 6.45) is 2.09. The summed E-state index contributed by atoms with van der Waals surface area (Å²) in [5, 5.41) is 15.3. The van der Waals surface area contributed by atoms with Gasteiger partial charge in [-0.15, -0.1) is 0 Å². The van der Waals surface area contributed by atoms with E-state index < -0.39 is 11.9 Å². The average Bonchev–Trinajstić information content (AvgIpc) is 2.46. The average molecular weight is 183 g/mol. The number of aliphatic carboxylic acids is 1. The number of nitrogens with one attached hydrogen (secondary N) is 1. The summed E-state index contributed by atoms with van der Waals surface area (Å²) in [4.78, 5) is 10.7. The van der Waals surface area contributed by atoms with Gasteiger partial charge in [0.15, 0.2) is 0 Å². The van der Waals surface area contributed by atoms with Crippen molar-refractivity contribution in [3.63, 3.8) is 0 Å². The lowest BCUT2D eigenvalue weighted by molar-refractivity contribution is -0.141. The van der Waals surface area contributed by atoms with Crippen LogP contribution in [0.15, 0.2) is 6.20 Å². The van der Waals surface area contributed by atoms with Crippen LogP contribution < -0.4 is 5.73 Å². The Morgan fingerprint density at radius 1 is 1.85 bits per heavy atom. The molecule has 5 nitrogen and oxygen atoms in total. The van der Waals surface area contributed by atoms with Crippen LogP contribution in [-0.2, 0) is 11.2 Å². The molecule has 5 heteroatoms. The third-order valence-corrected chi connectivity index (χ3v) is 2.02. The van der Waals surface area contributed by atoms with E-state index in [0.29, 0.717) is 6.42 Å². The quantitative estimate of drug-likeness (QED) is 0.608. The normalized spacial score (nSPS) is 12.8. The summed E-state index contributed by atoms with van der Waals surface area (Å²) in [5.74, 6) is -1.39. The lowest BCUT2D eigenvalue weighted by Gasteiger charge is -2.07. The van der Waals surface area contributed by atoms with E-state index in [1.165, 1.54) is 0 Å². The zero-order chi connectivity index (χ0) is 9.84. The van der Waals surface area contributed by atoms with Gasteiger partial charge in [-0.05, 0) is 12.5 Å². The van der Waals surface area contributed by atoms with E-state index in [4.69, 9.17) is 10.8 Å². The molecule has 1 heterocycles. The van der Waals surface area contributed by atoms with Crippen molar-refractivity contribution in [3.8, 4) is 0 Å². The lowest BCUT2D eigenvalue weighted by Crippen LogP contribution is -2.25. The van der Waals surface area contributed by atoms with Gasteiger partial charge < -0.3 is 10.8 Å². The molecule has 72 valence electrons. The number of aromatic nitrogens is 2. The Bertz CT molecular complexity index is 295. The molecule has 1 aromatic rings. The number of carboxylic acid groups (broad SMARTS) is 1. The highest BCUT2D eigenvalue weighted by Gasteiger charge is 2.17. The van der Waals surface area contributed by atoms with Crippen molar-refractivity contribution >= 4 is 5.97 Å². The Balaban J connectivity index is 2.67. The van der Waals surface area contributed by atoms with Gasteiger partial charge in [-0.1, -0.05) is 0 Å². The molecule has 0 aliphatic rings. The highest BCUT2D eigenvalue weighted by Crippen LogP contribution is 2.09. The van der Waals surface area contributed by atoms with Crippen LogP contribution in [0, 0.1) is 12.8 Å². The first kappa shape index (κ1) is 9.73. The molecule has 1 atom stereocenters. The van der Waals surface area contributed by atoms with Crippen LogP contribution in [0.4, 0.5) is 0 Å². The van der Waals surface area contributed by atoms with Crippen molar-refractivity contribution in [2.75, 3.05) is 6.54 Å².